The van der Waals surface area contributed by atoms with Crippen molar-refractivity contribution >= 4 is 22.7 Å². The number of anilines is 1. The fraction of sp³-hybridized carbons (Fsp3) is 0. The highest BCUT2D eigenvalue weighted by Gasteiger charge is 2.21. The molecule has 0 bridgehead atoms. The average Bonchev–Trinajstić information content (AvgIpc) is 3.44. The van der Waals surface area contributed by atoms with Crippen LogP contribution in [0.2, 0.25) is 0 Å². The summed E-state index contributed by atoms with van der Waals surface area (Å²) >= 11 is 0. The van der Waals surface area contributed by atoms with Gasteiger partial charge in [-0.25, -0.2) is 19.6 Å². The van der Waals surface area contributed by atoms with Crippen molar-refractivity contribution in [3.05, 3.63) is 137 Å². The van der Waals surface area contributed by atoms with E-state index in [1.807, 2.05) is 30.3 Å². The summed E-state index contributed by atoms with van der Waals surface area (Å²) in [7, 11) is 0. The van der Waals surface area contributed by atoms with E-state index in [9.17, 15) is 14.0 Å². The van der Waals surface area contributed by atoms with E-state index < -0.39 is 23.1 Å². The Bertz CT molecular complexity index is 1950. The molecule has 202 valence electrons. The molecule has 0 saturated heterocycles. The predicted octanol–water partition coefficient (Wildman–Crippen LogP) is 6.24. The molecule has 1 amide bonds. The third-order valence-corrected chi connectivity index (χ3v) is 6.35. The number of fused-ring (bicyclic) bond motifs is 1. The lowest BCUT2D eigenvalue weighted by Gasteiger charge is -2.18. The largest absolute Gasteiger partial charge is 0.450 e. The number of amides is 1. The number of carbonyl (C=O) groups excluding carboxylic acids is 1. The van der Waals surface area contributed by atoms with E-state index in [0.717, 1.165) is 11.6 Å². The normalized spacial score (nSPS) is 11.0. The molecule has 3 aromatic heterocycles. The molecule has 3 aromatic carbocycles. The topological polar surface area (TPSA) is 104 Å². The molecule has 0 radical (unpaired) electrons. The highest BCUT2D eigenvalue weighted by molar-refractivity contribution is 6.05. The third-order valence-electron chi connectivity index (χ3n) is 6.35. The van der Waals surface area contributed by atoms with Crippen molar-refractivity contribution in [2.45, 2.75) is 0 Å². The lowest BCUT2D eigenvalue weighted by Crippen LogP contribution is -2.41. The van der Waals surface area contributed by atoms with Crippen LogP contribution in [0.15, 0.2) is 119 Å². The minimum atomic E-state index is -0.862. The number of ether oxygens (including phenoxy) is 1. The Morgan fingerprint density at radius 1 is 0.902 bits per heavy atom. The van der Waals surface area contributed by atoms with Crippen molar-refractivity contribution in [3.63, 3.8) is 0 Å². The van der Waals surface area contributed by atoms with Gasteiger partial charge in [0.1, 0.15) is 22.7 Å². The quantitative estimate of drug-likeness (QED) is 0.150. The maximum Gasteiger partial charge on any atom is 0.278 e. The molecule has 0 aliphatic carbocycles. The van der Waals surface area contributed by atoms with Crippen molar-refractivity contribution in [2.24, 2.45) is 5.84 Å². The van der Waals surface area contributed by atoms with Gasteiger partial charge >= 0.3 is 0 Å². The zero-order chi connectivity index (χ0) is 28.5. The van der Waals surface area contributed by atoms with Gasteiger partial charge < -0.3 is 9.15 Å². The Kier molecular flexibility index (Phi) is 6.58. The first kappa shape index (κ1) is 25.7. The standard InChI is InChI=1S/C31H20F2N4O4/c32-20-8-10-21(11-9-20)36-16-4-7-23(30(36)38)31(39)37(34)22-12-13-26(24(33)17-22)40-27-14-15-35-25-18-28(41-29(25)27)19-5-2-1-3-6-19/h1-18H,34H2. The number of hydrazine groups is 1. The highest BCUT2D eigenvalue weighted by Crippen LogP contribution is 2.35. The highest BCUT2D eigenvalue weighted by atomic mass is 19.1. The number of hydrogen-bond donors (Lipinski definition) is 1. The summed E-state index contributed by atoms with van der Waals surface area (Å²) in [6, 6.07) is 24.5. The SMILES string of the molecule is NN(C(=O)c1cccn(-c2ccc(F)cc2)c1=O)c1ccc(Oc2ccnc3cc(-c4ccccc4)oc23)c(F)c1. The Balaban J connectivity index is 1.25. The van der Waals surface area contributed by atoms with Gasteiger partial charge in [-0.15, -0.1) is 0 Å². The lowest BCUT2D eigenvalue weighted by atomic mass is 10.2. The molecule has 0 saturated carbocycles. The number of pyridine rings is 2. The fourth-order valence-electron chi connectivity index (χ4n) is 4.29. The molecule has 10 heteroatoms. The molecule has 41 heavy (non-hydrogen) atoms. The molecule has 3 heterocycles. The zero-order valence-corrected chi connectivity index (χ0v) is 21.2. The van der Waals surface area contributed by atoms with Crippen LogP contribution >= 0.6 is 0 Å². The van der Waals surface area contributed by atoms with Crippen LogP contribution in [-0.4, -0.2) is 15.5 Å². The summed E-state index contributed by atoms with van der Waals surface area (Å²) in [6.07, 6.45) is 2.96. The van der Waals surface area contributed by atoms with Crippen molar-refractivity contribution in [3.8, 4) is 28.5 Å². The van der Waals surface area contributed by atoms with Gasteiger partial charge in [0.05, 0.1) is 5.69 Å². The minimum Gasteiger partial charge on any atom is -0.450 e. The second-order valence-corrected chi connectivity index (χ2v) is 8.97. The van der Waals surface area contributed by atoms with Gasteiger partial charge in [0.25, 0.3) is 11.5 Å². The van der Waals surface area contributed by atoms with Gasteiger partial charge in [0.2, 0.25) is 0 Å². The van der Waals surface area contributed by atoms with E-state index in [4.69, 9.17) is 15.0 Å². The number of furan rings is 1. The van der Waals surface area contributed by atoms with Gasteiger partial charge in [0, 0.05) is 41.8 Å². The molecule has 0 fully saturated rings. The first-order valence-electron chi connectivity index (χ1n) is 12.4. The second kappa shape index (κ2) is 10.5. The van der Waals surface area contributed by atoms with Gasteiger partial charge in [-0.2, -0.15) is 0 Å². The maximum absolute atomic E-state index is 15.2. The molecule has 6 rings (SSSR count). The second-order valence-electron chi connectivity index (χ2n) is 8.97. The van der Waals surface area contributed by atoms with Gasteiger partial charge in [0.15, 0.2) is 22.9 Å². The van der Waals surface area contributed by atoms with Crippen LogP contribution in [0.3, 0.4) is 0 Å². The molecular formula is C31H20F2N4O4. The Morgan fingerprint density at radius 2 is 1.68 bits per heavy atom. The Labute approximate surface area is 231 Å². The molecule has 2 N–H and O–H groups in total. The summed E-state index contributed by atoms with van der Waals surface area (Å²) in [4.78, 5) is 30.4. The minimum absolute atomic E-state index is 0.0133. The van der Waals surface area contributed by atoms with Crippen molar-refractivity contribution in [1.29, 1.82) is 0 Å². The summed E-state index contributed by atoms with van der Waals surface area (Å²) in [5.41, 5.74) is 1.14. The monoisotopic (exact) mass is 550 g/mol. The maximum atomic E-state index is 15.2. The van der Waals surface area contributed by atoms with Crippen molar-refractivity contribution in [2.75, 3.05) is 5.01 Å². The van der Waals surface area contributed by atoms with E-state index >= 15 is 4.39 Å². The van der Waals surface area contributed by atoms with E-state index in [1.165, 1.54) is 65.5 Å². The van der Waals surface area contributed by atoms with Crippen LogP contribution in [-0.2, 0) is 0 Å². The van der Waals surface area contributed by atoms with E-state index in [2.05, 4.69) is 4.98 Å². The molecule has 0 aliphatic rings. The number of benzene rings is 3. The zero-order valence-electron chi connectivity index (χ0n) is 21.2. The number of nitrogens with zero attached hydrogens (tertiary/aromatic N) is 3. The van der Waals surface area contributed by atoms with Gasteiger partial charge in [-0.3, -0.25) is 19.1 Å². The van der Waals surface area contributed by atoms with Crippen LogP contribution in [0.5, 0.6) is 11.5 Å². The Morgan fingerprint density at radius 3 is 2.44 bits per heavy atom. The molecule has 8 nitrogen and oxygen atoms in total. The Hall–Kier alpha value is -5.61. The number of hydrogen-bond acceptors (Lipinski definition) is 6. The summed E-state index contributed by atoms with van der Waals surface area (Å²) in [6.45, 7) is 0. The molecule has 0 spiro atoms. The predicted molar refractivity (Wildman–Crippen MR) is 149 cm³/mol. The molecule has 0 atom stereocenters. The third kappa shape index (κ3) is 4.95. The molecule has 6 aromatic rings. The lowest BCUT2D eigenvalue weighted by molar-refractivity contribution is 0.0985. The first-order valence-corrected chi connectivity index (χ1v) is 12.4. The van der Waals surface area contributed by atoms with Crippen LogP contribution < -0.4 is 21.1 Å². The van der Waals surface area contributed by atoms with E-state index in [-0.39, 0.29) is 22.7 Å². The number of nitrogens with two attached hydrogens (primary N) is 1. The number of halogens is 2. The fourth-order valence-corrected chi connectivity index (χ4v) is 4.29. The summed E-state index contributed by atoms with van der Waals surface area (Å²) in [5.74, 6) is 4.56. The number of carbonyl (C=O) groups is 1. The van der Waals surface area contributed by atoms with Gasteiger partial charge in [-0.1, -0.05) is 30.3 Å². The van der Waals surface area contributed by atoms with Crippen molar-refractivity contribution < 1.29 is 22.7 Å². The van der Waals surface area contributed by atoms with E-state index in [0.29, 0.717) is 27.6 Å². The molecular weight excluding hydrogens is 530 g/mol. The summed E-state index contributed by atoms with van der Waals surface area (Å²) in [5, 5.41) is 0.669. The van der Waals surface area contributed by atoms with Crippen LogP contribution in [0.25, 0.3) is 28.1 Å². The van der Waals surface area contributed by atoms with Gasteiger partial charge in [-0.05, 0) is 48.5 Å². The van der Waals surface area contributed by atoms with Crippen LogP contribution in [0, 0.1) is 11.6 Å². The first-order chi connectivity index (χ1) is 19.9. The van der Waals surface area contributed by atoms with Crippen LogP contribution in [0.1, 0.15) is 10.4 Å². The average molecular weight is 551 g/mol. The number of aromatic nitrogens is 2. The van der Waals surface area contributed by atoms with Crippen LogP contribution in [0.4, 0.5) is 14.5 Å². The number of rotatable bonds is 6. The van der Waals surface area contributed by atoms with E-state index in [1.54, 1.807) is 12.1 Å². The smallest absolute Gasteiger partial charge is 0.278 e. The summed E-state index contributed by atoms with van der Waals surface area (Å²) < 4.78 is 41.4. The van der Waals surface area contributed by atoms with Crippen molar-refractivity contribution in [1.82, 2.24) is 9.55 Å². The molecule has 0 unspecified atom stereocenters. The molecule has 0 aliphatic heterocycles.